The van der Waals surface area contributed by atoms with Gasteiger partial charge in [0.1, 0.15) is 6.10 Å². The van der Waals surface area contributed by atoms with Crippen LogP contribution in [0, 0.1) is 18.7 Å². The van der Waals surface area contributed by atoms with Gasteiger partial charge in [0.05, 0.1) is 0 Å². The van der Waals surface area contributed by atoms with Gasteiger partial charge in [-0.1, -0.05) is 36.8 Å². The van der Waals surface area contributed by atoms with Gasteiger partial charge in [-0.2, -0.15) is 0 Å². The van der Waals surface area contributed by atoms with Gasteiger partial charge in [0.25, 0.3) is 5.91 Å². The predicted octanol–water partition coefficient (Wildman–Crippen LogP) is 3.83. The highest BCUT2D eigenvalue weighted by Crippen LogP contribution is 2.30. The SMILES string of the molecule is Cc1ccc(NC(=O)O[C@@H](c2ccc(O)c(F)c2)[C@H](C)/C=C/C(=O)NO)cc1. The molecule has 8 heteroatoms. The zero-order chi connectivity index (χ0) is 20.7. The second kappa shape index (κ2) is 9.52. The maximum atomic E-state index is 13.8. The Morgan fingerprint density at radius 2 is 1.86 bits per heavy atom. The van der Waals surface area contributed by atoms with E-state index in [1.807, 2.05) is 19.1 Å². The summed E-state index contributed by atoms with van der Waals surface area (Å²) < 4.78 is 19.2. The molecule has 0 saturated heterocycles. The van der Waals surface area contributed by atoms with E-state index < -0.39 is 35.6 Å². The molecule has 148 valence electrons. The number of amides is 2. The first kappa shape index (κ1) is 20.9. The molecule has 2 amide bonds. The van der Waals surface area contributed by atoms with Crippen molar-refractivity contribution in [3.8, 4) is 5.75 Å². The standard InChI is InChI=1S/C20H21FN2O5/c1-12-3-7-15(8-4-12)22-20(26)28-19(13(2)5-10-18(25)23-27)14-6-9-17(24)16(21)11-14/h3-11,13,19,24,27H,1-2H3,(H,22,26)(H,23,25)/b10-5+/t13-,19-/m1/s1. The summed E-state index contributed by atoms with van der Waals surface area (Å²) in [4.78, 5) is 23.5. The number of hydroxylamine groups is 1. The number of anilines is 1. The normalized spacial score (nSPS) is 13.0. The van der Waals surface area contributed by atoms with E-state index in [-0.39, 0.29) is 5.56 Å². The molecule has 2 aromatic carbocycles. The number of aromatic hydroxyl groups is 1. The van der Waals surface area contributed by atoms with Crippen LogP contribution in [-0.2, 0) is 9.53 Å². The smallest absolute Gasteiger partial charge is 0.412 e. The third kappa shape index (κ3) is 5.82. The van der Waals surface area contributed by atoms with Gasteiger partial charge in [0, 0.05) is 17.7 Å². The lowest BCUT2D eigenvalue weighted by Gasteiger charge is -2.23. The van der Waals surface area contributed by atoms with Crippen molar-refractivity contribution in [2.24, 2.45) is 5.92 Å². The van der Waals surface area contributed by atoms with Crippen molar-refractivity contribution in [2.75, 3.05) is 5.32 Å². The topological polar surface area (TPSA) is 108 Å². The lowest BCUT2D eigenvalue weighted by molar-refractivity contribution is -0.124. The number of phenolic OH excluding ortho intramolecular Hbond substituents is 1. The summed E-state index contributed by atoms with van der Waals surface area (Å²) in [6.07, 6.45) is 0.744. The Hall–Kier alpha value is -3.39. The van der Waals surface area contributed by atoms with Crippen LogP contribution < -0.4 is 10.8 Å². The van der Waals surface area contributed by atoms with Crippen LogP contribution in [0.2, 0.25) is 0 Å². The molecule has 0 aliphatic carbocycles. The van der Waals surface area contributed by atoms with E-state index in [0.29, 0.717) is 5.69 Å². The van der Waals surface area contributed by atoms with E-state index >= 15 is 0 Å². The van der Waals surface area contributed by atoms with E-state index in [0.717, 1.165) is 23.8 Å². The first-order chi connectivity index (χ1) is 13.3. The van der Waals surface area contributed by atoms with E-state index in [1.54, 1.807) is 19.1 Å². The molecule has 0 radical (unpaired) electrons. The molecule has 0 saturated carbocycles. The van der Waals surface area contributed by atoms with Crippen LogP contribution in [-0.4, -0.2) is 22.3 Å². The minimum Gasteiger partial charge on any atom is -0.505 e. The molecular weight excluding hydrogens is 367 g/mol. The number of rotatable bonds is 6. The molecule has 2 rings (SSSR count). The zero-order valence-electron chi connectivity index (χ0n) is 15.3. The van der Waals surface area contributed by atoms with Crippen LogP contribution in [0.25, 0.3) is 0 Å². The largest absolute Gasteiger partial charge is 0.505 e. The van der Waals surface area contributed by atoms with Crippen LogP contribution in [0.4, 0.5) is 14.9 Å². The number of benzene rings is 2. The molecule has 2 atom stereocenters. The predicted molar refractivity (Wildman–Crippen MR) is 100 cm³/mol. The second-order valence-electron chi connectivity index (χ2n) is 6.22. The van der Waals surface area contributed by atoms with Gasteiger partial charge < -0.3 is 9.84 Å². The second-order valence-corrected chi connectivity index (χ2v) is 6.22. The van der Waals surface area contributed by atoms with E-state index in [9.17, 15) is 19.1 Å². The lowest BCUT2D eigenvalue weighted by Crippen LogP contribution is -2.22. The summed E-state index contributed by atoms with van der Waals surface area (Å²) in [6, 6.07) is 10.7. The zero-order valence-corrected chi connectivity index (χ0v) is 15.3. The lowest BCUT2D eigenvalue weighted by atomic mass is 9.96. The number of carbonyl (C=O) groups excluding carboxylic acids is 2. The van der Waals surface area contributed by atoms with Gasteiger partial charge in [-0.25, -0.2) is 14.7 Å². The monoisotopic (exact) mass is 388 g/mol. The Morgan fingerprint density at radius 3 is 2.46 bits per heavy atom. The van der Waals surface area contributed by atoms with Crippen molar-refractivity contribution in [3.63, 3.8) is 0 Å². The third-order valence-electron chi connectivity index (χ3n) is 3.97. The fourth-order valence-electron chi connectivity index (χ4n) is 2.46. The Kier molecular flexibility index (Phi) is 7.11. The number of ether oxygens (including phenoxy) is 1. The minimum atomic E-state index is -0.955. The number of halogens is 1. The highest BCUT2D eigenvalue weighted by atomic mass is 19.1. The fraction of sp³-hybridized carbons (Fsp3) is 0.200. The van der Waals surface area contributed by atoms with E-state index in [2.05, 4.69) is 5.32 Å². The van der Waals surface area contributed by atoms with Crippen LogP contribution in [0.5, 0.6) is 5.75 Å². The van der Waals surface area contributed by atoms with Crippen molar-refractivity contribution in [1.82, 2.24) is 5.48 Å². The van der Waals surface area contributed by atoms with Crippen LogP contribution in [0.15, 0.2) is 54.6 Å². The number of nitrogens with one attached hydrogen (secondary N) is 2. The van der Waals surface area contributed by atoms with Crippen molar-refractivity contribution in [3.05, 3.63) is 71.6 Å². The molecule has 0 bridgehead atoms. The summed E-state index contributed by atoms with van der Waals surface area (Å²) in [5.74, 6) is -2.71. The molecule has 0 fully saturated rings. The van der Waals surface area contributed by atoms with Gasteiger partial charge in [-0.3, -0.25) is 15.3 Å². The molecule has 0 heterocycles. The minimum absolute atomic E-state index is 0.288. The van der Waals surface area contributed by atoms with Crippen molar-refractivity contribution >= 4 is 17.7 Å². The maximum absolute atomic E-state index is 13.8. The van der Waals surface area contributed by atoms with Crippen LogP contribution in [0.1, 0.15) is 24.2 Å². The molecule has 2 aromatic rings. The number of carbonyl (C=O) groups is 2. The van der Waals surface area contributed by atoms with Crippen molar-refractivity contribution in [2.45, 2.75) is 20.0 Å². The molecule has 4 N–H and O–H groups in total. The number of hydrogen-bond donors (Lipinski definition) is 4. The Balaban J connectivity index is 2.22. The molecule has 0 aliphatic rings. The molecule has 0 spiro atoms. The maximum Gasteiger partial charge on any atom is 0.412 e. The fourth-order valence-corrected chi connectivity index (χ4v) is 2.46. The summed E-state index contributed by atoms with van der Waals surface area (Å²) in [5, 5.41) is 20.5. The average molecular weight is 388 g/mol. The molecule has 7 nitrogen and oxygen atoms in total. The summed E-state index contributed by atoms with van der Waals surface area (Å²) >= 11 is 0. The highest BCUT2D eigenvalue weighted by Gasteiger charge is 2.23. The molecule has 0 unspecified atom stereocenters. The van der Waals surface area contributed by atoms with Crippen LogP contribution >= 0.6 is 0 Å². The third-order valence-corrected chi connectivity index (χ3v) is 3.97. The molecule has 28 heavy (non-hydrogen) atoms. The van der Waals surface area contributed by atoms with Gasteiger partial charge in [0.15, 0.2) is 11.6 Å². The first-order valence-electron chi connectivity index (χ1n) is 8.45. The Labute approximate surface area is 161 Å². The van der Waals surface area contributed by atoms with Gasteiger partial charge in [-0.15, -0.1) is 0 Å². The number of aryl methyl sites for hydroxylation is 1. The summed E-state index contributed by atoms with van der Waals surface area (Å²) in [6.45, 7) is 3.56. The highest BCUT2D eigenvalue weighted by molar-refractivity contribution is 5.86. The number of hydrogen-bond acceptors (Lipinski definition) is 5. The molecule has 0 aromatic heterocycles. The van der Waals surface area contributed by atoms with Crippen molar-refractivity contribution in [1.29, 1.82) is 0 Å². The Morgan fingerprint density at radius 1 is 1.18 bits per heavy atom. The van der Waals surface area contributed by atoms with Gasteiger partial charge in [-0.05, 0) is 36.8 Å². The van der Waals surface area contributed by atoms with Crippen molar-refractivity contribution < 1.29 is 29.0 Å². The first-order valence-corrected chi connectivity index (χ1v) is 8.45. The van der Waals surface area contributed by atoms with Gasteiger partial charge in [0.2, 0.25) is 0 Å². The number of phenols is 1. The van der Waals surface area contributed by atoms with Crippen LogP contribution in [0.3, 0.4) is 0 Å². The molecule has 0 aliphatic heterocycles. The summed E-state index contributed by atoms with van der Waals surface area (Å²) in [7, 11) is 0. The van der Waals surface area contributed by atoms with Gasteiger partial charge >= 0.3 is 6.09 Å². The van der Waals surface area contributed by atoms with E-state index in [4.69, 9.17) is 9.94 Å². The average Bonchev–Trinajstić information content (AvgIpc) is 2.68. The quantitative estimate of drug-likeness (QED) is 0.342. The Bertz CT molecular complexity index is 867. The molecular formula is C20H21FN2O5. The van der Waals surface area contributed by atoms with E-state index in [1.165, 1.54) is 17.6 Å². The summed E-state index contributed by atoms with van der Waals surface area (Å²) in [5.41, 5.74) is 3.29.